The first-order valence-corrected chi connectivity index (χ1v) is 4.72. The van der Waals surface area contributed by atoms with Crippen molar-refractivity contribution in [3.63, 3.8) is 0 Å². The number of nitriles is 1. The van der Waals surface area contributed by atoms with E-state index in [1.807, 2.05) is 0 Å². The van der Waals surface area contributed by atoms with Crippen LogP contribution in [0.3, 0.4) is 0 Å². The van der Waals surface area contributed by atoms with E-state index in [4.69, 9.17) is 11.0 Å². The second-order valence-corrected chi connectivity index (χ2v) is 3.49. The lowest BCUT2D eigenvalue weighted by Crippen LogP contribution is -2.18. The maximum absolute atomic E-state index is 11.9. The summed E-state index contributed by atoms with van der Waals surface area (Å²) in [6, 6.07) is 2.66. The minimum Gasteiger partial charge on any atom is -0.388 e. The molecule has 4 nitrogen and oxygen atoms in total. The van der Waals surface area contributed by atoms with Gasteiger partial charge in [-0.25, -0.2) is 4.98 Å². The molecule has 0 bridgehead atoms. The summed E-state index contributed by atoms with van der Waals surface area (Å²) in [6.45, 7) is -0.0111. The number of pyridine rings is 1. The lowest BCUT2D eigenvalue weighted by atomic mass is 10.2. The predicted octanol–water partition coefficient (Wildman–Crippen LogP) is 2.07. The van der Waals surface area contributed by atoms with Crippen molar-refractivity contribution in [3.05, 3.63) is 21.8 Å². The van der Waals surface area contributed by atoms with Gasteiger partial charge in [-0.05, 0) is 0 Å². The Kier molecular flexibility index (Phi) is 3.72. The summed E-state index contributed by atoms with van der Waals surface area (Å²) in [5, 5.41) is 8.67. The van der Waals surface area contributed by atoms with Crippen molar-refractivity contribution in [1.29, 1.82) is 5.26 Å². The Bertz CT molecular complexity index is 441. The number of aromatic nitrogens is 1. The summed E-state index contributed by atoms with van der Waals surface area (Å²) in [5.74, 6) is -0.701. The van der Waals surface area contributed by atoms with Crippen LogP contribution in [0.2, 0.25) is 0 Å². The van der Waals surface area contributed by atoms with Gasteiger partial charge in [0.15, 0.2) is 0 Å². The van der Waals surface area contributed by atoms with Crippen molar-refractivity contribution in [3.8, 4) is 11.9 Å². The summed E-state index contributed by atoms with van der Waals surface area (Å²) in [6.07, 6.45) is -4.84. The van der Waals surface area contributed by atoms with Gasteiger partial charge in [0, 0.05) is 22.6 Å². The van der Waals surface area contributed by atoms with Crippen LogP contribution >= 0.6 is 15.9 Å². The first-order chi connectivity index (χ1) is 7.37. The van der Waals surface area contributed by atoms with Crippen molar-refractivity contribution in [1.82, 2.24) is 4.98 Å². The Balaban J connectivity index is 3.17. The zero-order valence-electron chi connectivity index (χ0n) is 7.68. The third-order valence-corrected chi connectivity index (χ3v) is 2.28. The van der Waals surface area contributed by atoms with Gasteiger partial charge in [-0.1, -0.05) is 15.9 Å². The van der Waals surface area contributed by atoms with E-state index in [2.05, 4.69) is 25.7 Å². The van der Waals surface area contributed by atoms with Crippen LogP contribution in [-0.2, 0) is 6.54 Å². The van der Waals surface area contributed by atoms with E-state index in [1.54, 1.807) is 6.07 Å². The Morgan fingerprint density at radius 3 is 2.62 bits per heavy atom. The maximum atomic E-state index is 11.9. The van der Waals surface area contributed by atoms with E-state index >= 15 is 0 Å². The predicted molar refractivity (Wildman–Crippen MR) is 51.2 cm³/mol. The second-order valence-electron chi connectivity index (χ2n) is 2.63. The van der Waals surface area contributed by atoms with Gasteiger partial charge in [0.05, 0.1) is 0 Å². The molecule has 0 aromatic carbocycles. The van der Waals surface area contributed by atoms with Gasteiger partial charge in [0.1, 0.15) is 11.8 Å². The van der Waals surface area contributed by atoms with E-state index in [0.717, 1.165) is 6.07 Å². The molecule has 0 aliphatic carbocycles. The van der Waals surface area contributed by atoms with Crippen LogP contribution in [0.4, 0.5) is 13.2 Å². The molecule has 1 rings (SSSR count). The quantitative estimate of drug-likeness (QED) is 0.907. The SMILES string of the molecule is N#Cc1nc(OC(F)(F)F)cc(Br)c1CN. The Morgan fingerprint density at radius 1 is 1.56 bits per heavy atom. The molecule has 0 saturated carbocycles. The molecule has 0 aliphatic heterocycles. The summed E-state index contributed by atoms with van der Waals surface area (Å²) >= 11 is 2.99. The number of rotatable bonds is 2. The highest BCUT2D eigenvalue weighted by atomic mass is 79.9. The van der Waals surface area contributed by atoms with Crippen molar-refractivity contribution < 1.29 is 17.9 Å². The lowest BCUT2D eigenvalue weighted by Gasteiger charge is -2.10. The Morgan fingerprint density at radius 2 is 2.19 bits per heavy atom. The zero-order valence-corrected chi connectivity index (χ0v) is 9.26. The maximum Gasteiger partial charge on any atom is 0.574 e. The molecule has 0 atom stereocenters. The average molecular weight is 296 g/mol. The fourth-order valence-corrected chi connectivity index (χ4v) is 1.52. The molecular weight excluding hydrogens is 291 g/mol. The molecule has 16 heavy (non-hydrogen) atoms. The fourth-order valence-electron chi connectivity index (χ4n) is 0.976. The first kappa shape index (κ1) is 12.7. The van der Waals surface area contributed by atoms with Crippen molar-refractivity contribution in [2.75, 3.05) is 0 Å². The first-order valence-electron chi connectivity index (χ1n) is 3.92. The third-order valence-electron chi connectivity index (χ3n) is 1.58. The largest absolute Gasteiger partial charge is 0.574 e. The summed E-state index contributed by atoms with van der Waals surface area (Å²) in [7, 11) is 0. The average Bonchev–Trinajstić information content (AvgIpc) is 2.14. The minimum absolute atomic E-state index is 0.0111. The van der Waals surface area contributed by atoms with E-state index in [9.17, 15) is 13.2 Å². The molecule has 0 unspecified atom stereocenters. The second kappa shape index (κ2) is 4.67. The molecule has 2 N–H and O–H groups in total. The molecule has 0 saturated heterocycles. The number of nitrogens with two attached hydrogens (primary N) is 1. The van der Waals surface area contributed by atoms with Gasteiger partial charge in [0.25, 0.3) is 0 Å². The van der Waals surface area contributed by atoms with Crippen LogP contribution in [0, 0.1) is 11.3 Å². The van der Waals surface area contributed by atoms with E-state index in [1.165, 1.54) is 0 Å². The molecular formula is C8H5BrF3N3O. The van der Waals surface area contributed by atoms with Crippen LogP contribution in [0.25, 0.3) is 0 Å². The molecule has 0 fully saturated rings. The van der Waals surface area contributed by atoms with E-state index < -0.39 is 12.2 Å². The van der Waals surface area contributed by atoms with Crippen LogP contribution in [0.15, 0.2) is 10.5 Å². The van der Waals surface area contributed by atoms with Crippen LogP contribution in [0.1, 0.15) is 11.3 Å². The number of alkyl halides is 3. The van der Waals surface area contributed by atoms with E-state index in [-0.39, 0.29) is 16.7 Å². The third kappa shape index (κ3) is 3.08. The number of nitrogens with zero attached hydrogens (tertiary/aromatic N) is 2. The lowest BCUT2D eigenvalue weighted by molar-refractivity contribution is -0.276. The minimum atomic E-state index is -4.84. The van der Waals surface area contributed by atoms with Gasteiger partial charge < -0.3 is 10.5 Å². The number of hydrogen-bond donors (Lipinski definition) is 1. The van der Waals surface area contributed by atoms with Gasteiger partial charge in [0.2, 0.25) is 5.88 Å². The van der Waals surface area contributed by atoms with Gasteiger partial charge in [-0.3, -0.25) is 0 Å². The Labute approximate surface area is 97.0 Å². The number of ether oxygens (including phenoxy) is 1. The van der Waals surface area contributed by atoms with Crippen molar-refractivity contribution in [2.24, 2.45) is 5.73 Å². The molecule has 8 heteroatoms. The van der Waals surface area contributed by atoms with Crippen LogP contribution in [0.5, 0.6) is 5.88 Å². The van der Waals surface area contributed by atoms with Gasteiger partial charge in [-0.2, -0.15) is 5.26 Å². The van der Waals surface area contributed by atoms with Crippen LogP contribution < -0.4 is 10.5 Å². The molecule has 86 valence electrons. The van der Waals surface area contributed by atoms with E-state index in [0.29, 0.717) is 5.56 Å². The normalized spacial score (nSPS) is 11.0. The van der Waals surface area contributed by atoms with Crippen LogP contribution in [-0.4, -0.2) is 11.3 Å². The molecule has 0 aliphatic rings. The number of halogens is 4. The summed E-state index contributed by atoms with van der Waals surface area (Å²) in [4.78, 5) is 3.39. The van der Waals surface area contributed by atoms with Gasteiger partial charge >= 0.3 is 6.36 Å². The summed E-state index contributed by atoms with van der Waals surface area (Å²) in [5.41, 5.74) is 5.45. The highest BCUT2D eigenvalue weighted by molar-refractivity contribution is 9.10. The zero-order chi connectivity index (χ0) is 12.3. The van der Waals surface area contributed by atoms with Crippen molar-refractivity contribution in [2.45, 2.75) is 12.9 Å². The monoisotopic (exact) mass is 295 g/mol. The fraction of sp³-hybridized carbons (Fsp3) is 0.250. The standard InChI is InChI=1S/C8H5BrF3N3O/c9-5-1-7(16-8(10,11)12)15-6(3-14)4(5)2-13/h1H,2,13H2. The number of hydrogen-bond acceptors (Lipinski definition) is 4. The smallest absolute Gasteiger partial charge is 0.388 e. The molecule has 1 aromatic heterocycles. The highest BCUT2D eigenvalue weighted by Crippen LogP contribution is 2.27. The molecule has 0 amide bonds. The van der Waals surface area contributed by atoms with Crippen molar-refractivity contribution >= 4 is 15.9 Å². The highest BCUT2D eigenvalue weighted by Gasteiger charge is 2.32. The molecule has 1 heterocycles. The Hall–Kier alpha value is -1.33. The van der Waals surface area contributed by atoms with Gasteiger partial charge in [-0.15, -0.1) is 13.2 Å². The topological polar surface area (TPSA) is 71.9 Å². The molecule has 0 radical (unpaired) electrons. The summed E-state index contributed by atoms with van der Waals surface area (Å²) < 4.78 is 39.6. The molecule has 1 aromatic rings. The molecule has 0 spiro atoms.